The summed E-state index contributed by atoms with van der Waals surface area (Å²) in [5.41, 5.74) is 6.12. The molecule has 2 unspecified atom stereocenters. The van der Waals surface area contributed by atoms with Gasteiger partial charge >= 0.3 is 0 Å². The van der Waals surface area contributed by atoms with E-state index in [9.17, 15) is 17.6 Å². The highest BCUT2D eigenvalue weighted by Crippen LogP contribution is 2.34. The molecule has 0 saturated carbocycles. The lowest BCUT2D eigenvalue weighted by Gasteiger charge is -2.45. The van der Waals surface area contributed by atoms with E-state index in [4.69, 9.17) is 0 Å². The number of benzene rings is 3. The highest BCUT2D eigenvalue weighted by molar-refractivity contribution is 7.89. The minimum absolute atomic E-state index is 0.0300. The number of carbonyl (C=O) groups excluding carboxylic acids is 1. The van der Waals surface area contributed by atoms with Crippen molar-refractivity contribution >= 4 is 38.2 Å². The largest absolute Gasteiger partial charge is 0.368 e. The first-order valence-electron chi connectivity index (χ1n) is 15.7. The van der Waals surface area contributed by atoms with Crippen molar-refractivity contribution in [1.29, 1.82) is 0 Å². The number of hydrogen-bond donors (Lipinski definition) is 0. The summed E-state index contributed by atoms with van der Waals surface area (Å²) in [6, 6.07) is 19.3. The molecule has 10 heteroatoms. The van der Waals surface area contributed by atoms with E-state index in [0.29, 0.717) is 42.8 Å². The molecule has 0 aliphatic carbocycles. The van der Waals surface area contributed by atoms with Gasteiger partial charge in [-0.2, -0.15) is 4.31 Å². The maximum Gasteiger partial charge on any atom is 0.246 e. The number of para-hydroxylation sites is 1. The maximum atomic E-state index is 14.4. The van der Waals surface area contributed by atoms with E-state index in [1.54, 1.807) is 18.3 Å². The van der Waals surface area contributed by atoms with Crippen LogP contribution in [0, 0.1) is 26.6 Å². The van der Waals surface area contributed by atoms with Gasteiger partial charge < -0.3 is 14.7 Å². The molecule has 0 spiro atoms. The first kappa shape index (κ1) is 31.7. The monoisotopic (exact) mass is 641 g/mol. The van der Waals surface area contributed by atoms with Crippen molar-refractivity contribution in [3.8, 4) is 0 Å². The van der Waals surface area contributed by atoms with E-state index in [1.165, 1.54) is 39.3 Å². The second-order valence-electron chi connectivity index (χ2n) is 12.2. The Kier molecular flexibility index (Phi) is 8.85. The van der Waals surface area contributed by atoms with Gasteiger partial charge in [0.25, 0.3) is 0 Å². The third kappa shape index (κ3) is 5.99. The zero-order valence-electron chi connectivity index (χ0n) is 26.6. The van der Waals surface area contributed by atoms with Gasteiger partial charge in [0, 0.05) is 74.3 Å². The Bertz CT molecular complexity index is 1880. The first-order chi connectivity index (χ1) is 22.1. The highest BCUT2D eigenvalue weighted by Gasteiger charge is 2.42. The van der Waals surface area contributed by atoms with Gasteiger partial charge in [-0.15, -0.1) is 6.58 Å². The van der Waals surface area contributed by atoms with Crippen LogP contribution in [0.15, 0.2) is 85.6 Å². The lowest BCUT2D eigenvalue weighted by molar-refractivity contribution is -0.133. The van der Waals surface area contributed by atoms with Crippen LogP contribution in [0.5, 0.6) is 0 Å². The third-order valence-electron chi connectivity index (χ3n) is 9.26. The van der Waals surface area contributed by atoms with Crippen molar-refractivity contribution in [2.45, 2.75) is 32.1 Å². The van der Waals surface area contributed by atoms with Crippen LogP contribution in [-0.4, -0.2) is 80.4 Å². The SMILES string of the molecule is C=CC(c1cccc2cccnc12)S(=O)(=O)N1CCN(c2ccc(F)cc2C)C(C(=O)N2CCN(c3cc(C)ccc3C)CC2)C1. The van der Waals surface area contributed by atoms with Gasteiger partial charge in [-0.25, -0.2) is 12.8 Å². The number of fused-ring (bicyclic) bond motifs is 1. The molecule has 8 nitrogen and oxygen atoms in total. The summed E-state index contributed by atoms with van der Waals surface area (Å²) >= 11 is 0. The summed E-state index contributed by atoms with van der Waals surface area (Å²) in [5.74, 6) is -0.489. The number of pyridine rings is 1. The number of halogens is 1. The number of aromatic nitrogens is 1. The Morgan fingerprint density at radius 2 is 1.67 bits per heavy atom. The van der Waals surface area contributed by atoms with Crippen molar-refractivity contribution < 1.29 is 17.6 Å². The molecule has 2 aliphatic heterocycles. The number of carbonyl (C=O) groups is 1. The molecule has 3 aromatic carbocycles. The topological polar surface area (TPSA) is 77.1 Å². The van der Waals surface area contributed by atoms with E-state index < -0.39 is 21.3 Å². The average molecular weight is 642 g/mol. The van der Waals surface area contributed by atoms with E-state index in [0.717, 1.165) is 11.1 Å². The molecule has 1 amide bonds. The summed E-state index contributed by atoms with van der Waals surface area (Å²) in [4.78, 5) is 25.0. The minimum atomic E-state index is -3.98. The molecule has 2 saturated heterocycles. The van der Waals surface area contributed by atoms with Crippen LogP contribution in [0.4, 0.5) is 15.8 Å². The van der Waals surface area contributed by atoms with E-state index in [2.05, 4.69) is 48.5 Å². The van der Waals surface area contributed by atoms with Gasteiger partial charge in [-0.1, -0.05) is 42.5 Å². The fourth-order valence-corrected chi connectivity index (χ4v) is 8.56. The summed E-state index contributed by atoms with van der Waals surface area (Å²) in [6.07, 6.45) is 3.09. The number of anilines is 2. The van der Waals surface area contributed by atoms with Crippen molar-refractivity contribution in [3.05, 3.63) is 114 Å². The van der Waals surface area contributed by atoms with E-state index in [-0.39, 0.29) is 31.4 Å². The predicted molar refractivity (Wildman–Crippen MR) is 182 cm³/mol. The second kappa shape index (κ2) is 12.8. The Morgan fingerprint density at radius 3 is 2.41 bits per heavy atom. The Labute approximate surface area is 270 Å². The molecule has 6 rings (SSSR count). The zero-order valence-corrected chi connectivity index (χ0v) is 27.4. The maximum absolute atomic E-state index is 14.4. The number of aryl methyl sites for hydroxylation is 3. The molecule has 2 fully saturated rings. The lowest BCUT2D eigenvalue weighted by atomic mass is 10.1. The van der Waals surface area contributed by atoms with Crippen LogP contribution in [0.2, 0.25) is 0 Å². The standard InChI is InChI=1S/C36H40FN5O3S/c1-5-34(30-10-6-8-28-9-7-15-38-35(28)30)46(44,45)41-20-21-42(31-14-13-29(37)23-27(31)4)33(24-41)36(43)40-18-16-39(17-19-40)32-22-25(2)11-12-26(32)3/h5-15,22-23,33-34H,1,16-21,24H2,2-4H3. The number of piperazine rings is 2. The minimum Gasteiger partial charge on any atom is -0.368 e. The molecule has 4 aromatic rings. The summed E-state index contributed by atoms with van der Waals surface area (Å²) in [6.45, 7) is 12.7. The number of sulfonamides is 1. The van der Waals surface area contributed by atoms with Gasteiger partial charge in [0.2, 0.25) is 15.9 Å². The molecule has 1 aromatic heterocycles. The van der Waals surface area contributed by atoms with Crippen molar-refractivity contribution in [2.24, 2.45) is 0 Å². The Hall–Kier alpha value is -4.28. The van der Waals surface area contributed by atoms with Gasteiger partial charge in [0.15, 0.2) is 0 Å². The molecule has 0 bridgehead atoms. The first-order valence-corrected chi connectivity index (χ1v) is 17.2. The van der Waals surface area contributed by atoms with Gasteiger partial charge in [-0.05, 0) is 67.8 Å². The van der Waals surface area contributed by atoms with Crippen molar-refractivity contribution in [1.82, 2.24) is 14.2 Å². The number of rotatable bonds is 7. The number of nitrogens with zero attached hydrogens (tertiary/aromatic N) is 5. The van der Waals surface area contributed by atoms with Crippen LogP contribution >= 0.6 is 0 Å². The smallest absolute Gasteiger partial charge is 0.246 e. The van der Waals surface area contributed by atoms with E-state index in [1.807, 2.05) is 41.0 Å². The molecule has 0 radical (unpaired) electrons. The van der Waals surface area contributed by atoms with Crippen LogP contribution in [-0.2, 0) is 14.8 Å². The van der Waals surface area contributed by atoms with Crippen molar-refractivity contribution in [3.63, 3.8) is 0 Å². The van der Waals surface area contributed by atoms with Crippen molar-refractivity contribution in [2.75, 3.05) is 55.6 Å². The fraction of sp³-hybridized carbons (Fsp3) is 0.333. The molecule has 46 heavy (non-hydrogen) atoms. The zero-order chi connectivity index (χ0) is 32.6. The molecular weight excluding hydrogens is 601 g/mol. The Morgan fingerprint density at radius 1 is 0.913 bits per heavy atom. The lowest BCUT2D eigenvalue weighted by Crippen LogP contribution is -2.63. The summed E-state index contributed by atoms with van der Waals surface area (Å²) < 4.78 is 44.2. The second-order valence-corrected chi connectivity index (χ2v) is 14.3. The average Bonchev–Trinajstić information content (AvgIpc) is 3.06. The molecule has 2 atom stereocenters. The molecule has 0 N–H and O–H groups in total. The van der Waals surface area contributed by atoms with E-state index >= 15 is 0 Å². The normalized spacial score (nSPS) is 18.5. The predicted octanol–water partition coefficient (Wildman–Crippen LogP) is 5.40. The molecule has 240 valence electrons. The summed E-state index contributed by atoms with van der Waals surface area (Å²) in [7, 11) is -3.98. The van der Waals surface area contributed by atoms with Crippen LogP contribution in [0.3, 0.4) is 0 Å². The van der Waals surface area contributed by atoms with Gasteiger partial charge in [0.05, 0.1) is 5.52 Å². The van der Waals surface area contributed by atoms with Crippen LogP contribution in [0.25, 0.3) is 10.9 Å². The van der Waals surface area contributed by atoms with Gasteiger partial charge in [0.1, 0.15) is 17.1 Å². The third-order valence-corrected chi connectivity index (χ3v) is 11.4. The molecule has 2 aliphatic rings. The quantitative estimate of drug-likeness (QED) is 0.252. The molecule has 3 heterocycles. The highest BCUT2D eigenvalue weighted by atomic mass is 32.2. The van der Waals surface area contributed by atoms with Gasteiger partial charge in [-0.3, -0.25) is 9.78 Å². The molecular formula is C36H40FN5O3S. The Balaban J connectivity index is 1.29. The number of amides is 1. The summed E-state index contributed by atoms with van der Waals surface area (Å²) in [5, 5.41) is -0.200. The van der Waals surface area contributed by atoms with Crippen LogP contribution < -0.4 is 9.80 Å². The fourth-order valence-electron chi connectivity index (χ4n) is 6.80. The number of hydrogen-bond acceptors (Lipinski definition) is 6. The van der Waals surface area contributed by atoms with Crippen LogP contribution in [0.1, 0.15) is 27.5 Å².